The van der Waals surface area contributed by atoms with Gasteiger partial charge < -0.3 is 10.1 Å². The maximum absolute atomic E-state index is 5.99. The zero-order valence-corrected chi connectivity index (χ0v) is 11.5. The fraction of sp³-hybridized carbons (Fsp3) is 0.769. The van der Waals surface area contributed by atoms with E-state index in [2.05, 4.69) is 24.1 Å². The maximum atomic E-state index is 5.99. The van der Waals surface area contributed by atoms with E-state index in [4.69, 9.17) is 4.74 Å². The molecule has 1 aliphatic heterocycles. The molecule has 1 saturated heterocycles. The highest BCUT2D eigenvalue weighted by Gasteiger charge is 2.29. The van der Waals surface area contributed by atoms with Crippen molar-refractivity contribution in [2.24, 2.45) is 0 Å². The van der Waals surface area contributed by atoms with Crippen molar-refractivity contribution in [3.63, 3.8) is 0 Å². The van der Waals surface area contributed by atoms with Crippen LogP contribution in [0.1, 0.15) is 38.0 Å². The van der Waals surface area contributed by atoms with E-state index in [0.717, 1.165) is 13.0 Å². The highest BCUT2D eigenvalue weighted by Crippen LogP contribution is 2.24. The fourth-order valence-corrected chi connectivity index (χ4v) is 3.01. The molecule has 4 heteroatoms. The van der Waals surface area contributed by atoms with Crippen molar-refractivity contribution in [1.29, 1.82) is 0 Å². The Hall–Kier alpha value is -0.450. The molecule has 0 bridgehead atoms. The zero-order valence-electron chi connectivity index (χ0n) is 10.7. The van der Waals surface area contributed by atoms with Crippen LogP contribution in [0.15, 0.2) is 11.7 Å². The van der Waals surface area contributed by atoms with Crippen molar-refractivity contribution in [1.82, 2.24) is 10.3 Å². The van der Waals surface area contributed by atoms with Gasteiger partial charge in [0.25, 0.3) is 0 Å². The molecule has 1 aliphatic rings. The lowest BCUT2D eigenvalue weighted by Gasteiger charge is -2.24. The van der Waals surface area contributed by atoms with Crippen LogP contribution in [-0.2, 0) is 11.2 Å². The van der Waals surface area contributed by atoms with Crippen LogP contribution >= 0.6 is 11.3 Å². The number of hydrogen-bond acceptors (Lipinski definition) is 4. The minimum absolute atomic E-state index is 0.374. The maximum Gasteiger partial charge on any atom is 0.0794 e. The molecule has 1 fully saturated rings. The highest BCUT2D eigenvalue weighted by molar-refractivity contribution is 7.09. The third kappa shape index (κ3) is 3.76. The van der Waals surface area contributed by atoms with Crippen LogP contribution in [0, 0.1) is 0 Å². The molecule has 0 radical (unpaired) electrons. The minimum Gasteiger partial charge on any atom is -0.374 e. The van der Waals surface area contributed by atoms with Crippen LogP contribution < -0.4 is 5.32 Å². The van der Waals surface area contributed by atoms with E-state index in [9.17, 15) is 0 Å². The van der Waals surface area contributed by atoms with Gasteiger partial charge in [-0.1, -0.05) is 6.92 Å². The van der Waals surface area contributed by atoms with E-state index >= 15 is 0 Å². The third-order valence-electron chi connectivity index (χ3n) is 3.27. The third-order valence-corrected chi connectivity index (χ3v) is 4.08. The van der Waals surface area contributed by atoms with Gasteiger partial charge in [-0.2, -0.15) is 0 Å². The summed E-state index contributed by atoms with van der Waals surface area (Å²) in [6, 6.07) is 0.445. The van der Waals surface area contributed by atoms with Crippen molar-refractivity contribution in [3.05, 3.63) is 16.6 Å². The van der Waals surface area contributed by atoms with Crippen LogP contribution in [0.4, 0.5) is 0 Å². The van der Waals surface area contributed by atoms with Crippen LogP contribution in [0.2, 0.25) is 0 Å². The largest absolute Gasteiger partial charge is 0.374 e. The molecule has 1 aromatic heterocycles. The molecule has 0 amide bonds. The summed E-state index contributed by atoms with van der Waals surface area (Å²) < 4.78 is 5.99. The average Bonchev–Trinajstić information content (AvgIpc) is 2.95. The summed E-state index contributed by atoms with van der Waals surface area (Å²) in [7, 11) is 0. The summed E-state index contributed by atoms with van der Waals surface area (Å²) in [5.41, 5.74) is 1.91. The van der Waals surface area contributed by atoms with E-state index in [1.165, 1.54) is 24.1 Å². The lowest BCUT2D eigenvalue weighted by molar-refractivity contribution is 0.0322. The lowest BCUT2D eigenvalue weighted by Crippen LogP contribution is -2.41. The first kappa shape index (κ1) is 13.0. The van der Waals surface area contributed by atoms with Gasteiger partial charge >= 0.3 is 0 Å². The van der Waals surface area contributed by atoms with E-state index in [0.29, 0.717) is 18.2 Å². The molecule has 96 valence electrons. The van der Waals surface area contributed by atoms with Gasteiger partial charge in [-0.15, -0.1) is 11.3 Å². The van der Waals surface area contributed by atoms with Crippen LogP contribution in [0.25, 0.3) is 0 Å². The van der Waals surface area contributed by atoms with Crippen molar-refractivity contribution >= 4 is 11.3 Å². The van der Waals surface area contributed by atoms with Gasteiger partial charge in [0.2, 0.25) is 0 Å². The Bertz CT molecular complexity index is 315. The predicted octanol–water partition coefficient (Wildman–Crippen LogP) is 2.62. The van der Waals surface area contributed by atoms with Crippen molar-refractivity contribution in [3.8, 4) is 0 Å². The second kappa shape index (κ2) is 6.47. The highest BCUT2D eigenvalue weighted by atomic mass is 32.1. The molecule has 1 N–H and O–H groups in total. The molecule has 0 spiro atoms. The minimum atomic E-state index is 0.374. The van der Waals surface area contributed by atoms with Crippen molar-refractivity contribution < 1.29 is 4.74 Å². The van der Waals surface area contributed by atoms with E-state index in [1.807, 2.05) is 11.7 Å². The first-order chi connectivity index (χ1) is 8.29. The molecule has 3 atom stereocenters. The van der Waals surface area contributed by atoms with Crippen molar-refractivity contribution in [2.75, 3.05) is 6.54 Å². The van der Waals surface area contributed by atoms with Gasteiger partial charge in [0.15, 0.2) is 0 Å². The number of thiazole rings is 1. The van der Waals surface area contributed by atoms with E-state index < -0.39 is 0 Å². The average molecular weight is 254 g/mol. The summed E-state index contributed by atoms with van der Waals surface area (Å²) in [4.78, 5) is 5.50. The van der Waals surface area contributed by atoms with Gasteiger partial charge in [-0.25, -0.2) is 0 Å². The topological polar surface area (TPSA) is 34.2 Å². The molecule has 2 rings (SSSR count). The number of hydrogen-bond donors (Lipinski definition) is 1. The molecule has 2 heterocycles. The Balaban J connectivity index is 1.92. The van der Waals surface area contributed by atoms with E-state index in [1.54, 1.807) is 11.3 Å². The molecule has 1 aromatic rings. The fourth-order valence-electron chi connectivity index (χ4n) is 2.35. The predicted molar refractivity (Wildman–Crippen MR) is 71.5 cm³/mol. The second-order valence-corrected chi connectivity index (χ2v) is 5.77. The SMILES string of the molecule is CCCNC(Cc1cncs1)C1CCC(C)O1. The first-order valence-electron chi connectivity index (χ1n) is 6.55. The van der Waals surface area contributed by atoms with Crippen LogP contribution in [0.5, 0.6) is 0 Å². The second-order valence-electron chi connectivity index (χ2n) is 4.79. The first-order valence-corrected chi connectivity index (χ1v) is 7.43. The summed E-state index contributed by atoms with van der Waals surface area (Å²) in [6.07, 6.45) is 7.36. The summed E-state index contributed by atoms with van der Waals surface area (Å²) >= 11 is 1.74. The molecule has 3 nitrogen and oxygen atoms in total. The van der Waals surface area contributed by atoms with E-state index in [-0.39, 0.29) is 0 Å². The Morgan fingerprint density at radius 1 is 1.59 bits per heavy atom. The number of aromatic nitrogens is 1. The molecule has 3 unspecified atom stereocenters. The smallest absolute Gasteiger partial charge is 0.0794 e. The molecular weight excluding hydrogens is 232 g/mol. The Morgan fingerprint density at radius 3 is 3.06 bits per heavy atom. The zero-order chi connectivity index (χ0) is 12.1. The number of nitrogens with zero attached hydrogens (tertiary/aromatic N) is 1. The van der Waals surface area contributed by atoms with Gasteiger partial charge in [0.1, 0.15) is 0 Å². The molecule has 0 saturated carbocycles. The van der Waals surface area contributed by atoms with Gasteiger partial charge in [0, 0.05) is 23.5 Å². The van der Waals surface area contributed by atoms with Gasteiger partial charge in [0.05, 0.1) is 17.7 Å². The quantitative estimate of drug-likeness (QED) is 0.847. The summed E-state index contributed by atoms with van der Waals surface area (Å²) in [5, 5.41) is 3.62. The van der Waals surface area contributed by atoms with Gasteiger partial charge in [-0.3, -0.25) is 4.98 Å². The lowest BCUT2D eigenvalue weighted by atomic mass is 10.0. The number of ether oxygens (including phenoxy) is 1. The number of rotatable bonds is 6. The Labute approximate surface area is 108 Å². The standard InChI is InChI=1S/C13H22N2OS/c1-3-6-15-12(7-11-8-14-9-17-11)13-5-4-10(2)16-13/h8-10,12-13,15H,3-7H2,1-2H3. The van der Waals surface area contributed by atoms with Crippen LogP contribution in [0.3, 0.4) is 0 Å². The molecule has 17 heavy (non-hydrogen) atoms. The summed E-state index contributed by atoms with van der Waals surface area (Å²) in [6.45, 7) is 5.44. The molecular formula is C13H22N2OS. The van der Waals surface area contributed by atoms with Crippen LogP contribution in [-0.4, -0.2) is 29.8 Å². The molecule has 0 aromatic carbocycles. The molecule has 0 aliphatic carbocycles. The normalized spacial score (nSPS) is 26.2. The monoisotopic (exact) mass is 254 g/mol. The Kier molecular flexibility index (Phi) is 4.95. The number of nitrogens with one attached hydrogen (secondary N) is 1. The Morgan fingerprint density at radius 2 is 2.47 bits per heavy atom. The summed E-state index contributed by atoms with van der Waals surface area (Å²) in [5.74, 6) is 0. The van der Waals surface area contributed by atoms with Crippen molar-refractivity contribution in [2.45, 2.75) is 57.8 Å². The van der Waals surface area contributed by atoms with Gasteiger partial charge in [-0.05, 0) is 32.7 Å².